The van der Waals surface area contributed by atoms with Gasteiger partial charge in [0.1, 0.15) is 10.6 Å². The predicted molar refractivity (Wildman–Crippen MR) is 103 cm³/mol. The minimum absolute atomic E-state index is 0.0332. The lowest BCUT2D eigenvalue weighted by Gasteiger charge is -2.16. The van der Waals surface area contributed by atoms with Gasteiger partial charge in [-0.3, -0.25) is 4.79 Å². The topological polar surface area (TPSA) is 84.5 Å². The highest BCUT2D eigenvalue weighted by molar-refractivity contribution is 7.89. The summed E-state index contributed by atoms with van der Waals surface area (Å²) in [7, 11) is -2.58. The van der Waals surface area contributed by atoms with Crippen LogP contribution in [0.25, 0.3) is 0 Å². The molecule has 2 aromatic carbocycles. The lowest BCUT2D eigenvalue weighted by atomic mass is 10.2. The number of carbonyl (C=O) groups excluding carboxylic acids is 1. The van der Waals surface area contributed by atoms with E-state index < -0.39 is 22.0 Å². The Morgan fingerprint density at radius 2 is 1.81 bits per heavy atom. The van der Waals surface area contributed by atoms with E-state index in [9.17, 15) is 13.2 Å². The van der Waals surface area contributed by atoms with E-state index >= 15 is 0 Å². The molecule has 0 heterocycles. The van der Waals surface area contributed by atoms with Crippen molar-refractivity contribution < 1.29 is 17.9 Å². The lowest BCUT2D eigenvalue weighted by Crippen LogP contribution is -2.41. The molecule has 2 rings (SSSR count). The molecule has 0 aliphatic rings. The number of rotatable bonds is 6. The van der Waals surface area contributed by atoms with Crippen molar-refractivity contribution in [3.63, 3.8) is 0 Å². The predicted octanol–water partition coefficient (Wildman–Crippen LogP) is 3.62. The van der Waals surface area contributed by atoms with Crippen LogP contribution in [0.4, 0.5) is 5.69 Å². The third-order valence-electron chi connectivity index (χ3n) is 3.52. The van der Waals surface area contributed by atoms with Crippen LogP contribution in [-0.4, -0.2) is 27.5 Å². The summed E-state index contributed by atoms with van der Waals surface area (Å²) >= 11 is 11.7. The van der Waals surface area contributed by atoms with Crippen molar-refractivity contribution >= 4 is 44.8 Å². The average molecular weight is 417 g/mol. The molecular formula is C17H18Cl2N2O4S. The van der Waals surface area contributed by atoms with Crippen LogP contribution in [0.2, 0.25) is 10.0 Å². The quantitative estimate of drug-likeness (QED) is 0.752. The number of halogens is 2. The molecule has 0 spiro atoms. The summed E-state index contributed by atoms with van der Waals surface area (Å²) in [6.45, 7) is 3.20. The van der Waals surface area contributed by atoms with Gasteiger partial charge in [-0.05, 0) is 49.7 Å². The molecule has 1 atom stereocenters. The number of hydrogen-bond donors (Lipinski definition) is 2. The molecular weight excluding hydrogens is 399 g/mol. The SMILES string of the molecule is COc1ccc(C)cc1S(=O)(=O)N[C@@H](C)C(=O)Nc1ccc(Cl)c(Cl)c1. The molecule has 1 amide bonds. The van der Waals surface area contributed by atoms with E-state index in [0.717, 1.165) is 5.56 Å². The molecule has 140 valence electrons. The van der Waals surface area contributed by atoms with Crippen molar-refractivity contribution in [2.45, 2.75) is 24.8 Å². The lowest BCUT2D eigenvalue weighted by molar-refractivity contribution is -0.117. The van der Waals surface area contributed by atoms with E-state index in [2.05, 4.69) is 10.0 Å². The van der Waals surface area contributed by atoms with Gasteiger partial charge in [-0.2, -0.15) is 4.72 Å². The Kier molecular flexibility index (Phi) is 6.52. The van der Waals surface area contributed by atoms with Gasteiger partial charge in [0.15, 0.2) is 0 Å². The monoisotopic (exact) mass is 416 g/mol. The van der Waals surface area contributed by atoms with E-state index in [-0.39, 0.29) is 15.7 Å². The van der Waals surface area contributed by atoms with Crippen LogP contribution in [0.1, 0.15) is 12.5 Å². The van der Waals surface area contributed by atoms with Crippen molar-refractivity contribution in [3.8, 4) is 5.75 Å². The number of aryl methyl sites for hydroxylation is 1. The maximum Gasteiger partial charge on any atom is 0.244 e. The van der Waals surface area contributed by atoms with Crippen molar-refractivity contribution in [1.29, 1.82) is 0 Å². The van der Waals surface area contributed by atoms with Crippen LogP contribution in [-0.2, 0) is 14.8 Å². The molecule has 0 saturated carbocycles. The maximum absolute atomic E-state index is 12.6. The van der Waals surface area contributed by atoms with Crippen molar-refractivity contribution in [2.24, 2.45) is 0 Å². The number of hydrogen-bond acceptors (Lipinski definition) is 4. The fourth-order valence-corrected chi connectivity index (χ4v) is 3.92. The summed E-state index contributed by atoms with van der Waals surface area (Å²) in [5, 5.41) is 3.22. The van der Waals surface area contributed by atoms with Gasteiger partial charge in [0.2, 0.25) is 15.9 Å². The molecule has 0 saturated heterocycles. The number of ether oxygens (including phenoxy) is 1. The van der Waals surface area contributed by atoms with Crippen molar-refractivity contribution in [2.75, 3.05) is 12.4 Å². The van der Waals surface area contributed by atoms with Crippen LogP contribution >= 0.6 is 23.2 Å². The molecule has 26 heavy (non-hydrogen) atoms. The number of amides is 1. The summed E-state index contributed by atoms with van der Waals surface area (Å²) in [6, 6.07) is 8.32. The Labute approximate surface area is 162 Å². The summed E-state index contributed by atoms with van der Waals surface area (Å²) in [5.74, 6) is -0.348. The van der Waals surface area contributed by atoms with Gasteiger partial charge in [0.05, 0.1) is 23.2 Å². The second-order valence-corrected chi connectivity index (χ2v) is 8.11. The smallest absolute Gasteiger partial charge is 0.244 e. The van der Waals surface area contributed by atoms with Gasteiger partial charge < -0.3 is 10.1 Å². The molecule has 0 fully saturated rings. The second-order valence-electron chi connectivity index (χ2n) is 5.62. The number of carbonyl (C=O) groups is 1. The van der Waals surface area contributed by atoms with E-state index in [4.69, 9.17) is 27.9 Å². The molecule has 0 unspecified atom stereocenters. The standard InChI is InChI=1S/C17H18Cl2N2O4S/c1-10-4-7-15(25-3)16(8-10)26(23,24)21-11(2)17(22)20-12-5-6-13(18)14(19)9-12/h4-9,11,21H,1-3H3,(H,20,22)/t11-/m0/s1. The molecule has 6 nitrogen and oxygen atoms in total. The fraction of sp³-hybridized carbons (Fsp3) is 0.235. The zero-order valence-corrected chi connectivity index (χ0v) is 16.7. The molecule has 0 aromatic heterocycles. The molecule has 0 aliphatic heterocycles. The summed E-state index contributed by atoms with van der Waals surface area (Å²) < 4.78 is 32.7. The normalized spacial score (nSPS) is 12.5. The molecule has 9 heteroatoms. The summed E-state index contributed by atoms with van der Waals surface area (Å²) in [5.41, 5.74) is 1.16. The first-order valence-electron chi connectivity index (χ1n) is 7.57. The Balaban J connectivity index is 2.17. The van der Waals surface area contributed by atoms with Crippen LogP contribution in [0.5, 0.6) is 5.75 Å². The summed E-state index contributed by atoms with van der Waals surface area (Å²) in [4.78, 5) is 12.3. The first kappa shape index (κ1) is 20.5. The molecule has 0 radical (unpaired) electrons. The largest absolute Gasteiger partial charge is 0.495 e. The Morgan fingerprint density at radius 3 is 2.42 bits per heavy atom. The number of benzene rings is 2. The van der Waals surface area contributed by atoms with Crippen LogP contribution in [0.15, 0.2) is 41.3 Å². The number of methoxy groups -OCH3 is 1. The molecule has 2 aromatic rings. The van der Waals surface area contributed by atoms with Gasteiger partial charge in [-0.15, -0.1) is 0 Å². The van der Waals surface area contributed by atoms with Gasteiger partial charge in [0.25, 0.3) is 0 Å². The van der Waals surface area contributed by atoms with Gasteiger partial charge in [-0.1, -0.05) is 29.3 Å². The molecule has 0 bridgehead atoms. The van der Waals surface area contributed by atoms with E-state index in [1.807, 2.05) is 0 Å². The van der Waals surface area contributed by atoms with Crippen LogP contribution < -0.4 is 14.8 Å². The second kappa shape index (κ2) is 8.26. The van der Waals surface area contributed by atoms with E-state index in [0.29, 0.717) is 10.7 Å². The minimum Gasteiger partial charge on any atom is -0.495 e. The van der Waals surface area contributed by atoms with Crippen LogP contribution in [0, 0.1) is 6.92 Å². The Hall–Kier alpha value is -1.80. The van der Waals surface area contributed by atoms with Gasteiger partial charge >= 0.3 is 0 Å². The van der Waals surface area contributed by atoms with Crippen molar-refractivity contribution in [1.82, 2.24) is 4.72 Å². The zero-order chi connectivity index (χ0) is 19.5. The average Bonchev–Trinajstić information content (AvgIpc) is 2.57. The Bertz CT molecular complexity index is 932. The molecule has 2 N–H and O–H groups in total. The zero-order valence-electron chi connectivity index (χ0n) is 14.3. The van der Waals surface area contributed by atoms with Crippen LogP contribution in [0.3, 0.4) is 0 Å². The number of nitrogens with one attached hydrogen (secondary N) is 2. The Morgan fingerprint density at radius 1 is 1.12 bits per heavy atom. The third-order valence-corrected chi connectivity index (χ3v) is 5.82. The number of sulfonamides is 1. The summed E-state index contributed by atoms with van der Waals surface area (Å²) in [6.07, 6.45) is 0. The highest BCUT2D eigenvalue weighted by atomic mass is 35.5. The maximum atomic E-state index is 12.6. The van der Waals surface area contributed by atoms with E-state index in [1.165, 1.54) is 32.2 Å². The van der Waals surface area contributed by atoms with Gasteiger partial charge in [-0.25, -0.2) is 8.42 Å². The number of anilines is 1. The van der Waals surface area contributed by atoms with E-state index in [1.54, 1.807) is 25.1 Å². The first-order valence-corrected chi connectivity index (χ1v) is 9.81. The minimum atomic E-state index is -3.96. The van der Waals surface area contributed by atoms with Gasteiger partial charge in [0, 0.05) is 5.69 Å². The van der Waals surface area contributed by atoms with Crippen molar-refractivity contribution in [3.05, 3.63) is 52.0 Å². The molecule has 0 aliphatic carbocycles. The highest BCUT2D eigenvalue weighted by Crippen LogP contribution is 2.26. The third kappa shape index (κ3) is 4.88. The highest BCUT2D eigenvalue weighted by Gasteiger charge is 2.25. The first-order chi connectivity index (χ1) is 12.1. The fourth-order valence-electron chi connectivity index (χ4n) is 2.17.